The van der Waals surface area contributed by atoms with Gasteiger partial charge in [0.25, 0.3) is 0 Å². The number of hydrogen-bond acceptors (Lipinski definition) is 1. The van der Waals surface area contributed by atoms with E-state index in [1.54, 1.807) is 24.3 Å². The van der Waals surface area contributed by atoms with Crippen LogP contribution in [0.1, 0.15) is 33.8 Å². The normalized spacial score (nSPS) is 15.5. The highest BCUT2D eigenvalue weighted by atomic mass is 19.2. The van der Waals surface area contributed by atoms with E-state index in [0.717, 1.165) is 44.1 Å². The first kappa shape index (κ1) is 29.1. The van der Waals surface area contributed by atoms with E-state index in [0.29, 0.717) is 49.9 Å². The number of fused-ring (bicyclic) bond motifs is 6. The first-order valence-corrected chi connectivity index (χ1v) is 16.7. The Labute approximate surface area is 290 Å². The van der Waals surface area contributed by atoms with Gasteiger partial charge in [0.15, 0.2) is 11.4 Å². The summed E-state index contributed by atoms with van der Waals surface area (Å²) in [7, 11) is 0. The topological polar surface area (TPSA) is 52.7 Å². The standard InChI is InChI=1S/C43H27BF2N4O/c1-2-27-13-15-30(16-14-27)43-37-23-21-35-31-17-19-33(47-31)41(28-9-5-3-6-10-28)39-25-26-40(51-39)42(29-11-7-4-8-12-29)34-20-18-32(48-34)36-22-24-38(43)50(36)44(45,46)49(35)37/h1,3-26,47-48H. The maximum absolute atomic E-state index is 17.5. The van der Waals surface area contributed by atoms with Crippen LogP contribution < -0.4 is 21.4 Å². The molecule has 7 aromatic rings. The Morgan fingerprint density at radius 3 is 1.75 bits per heavy atom. The number of aromatic amines is 2. The molecule has 3 aliphatic rings. The summed E-state index contributed by atoms with van der Waals surface area (Å²) in [5.74, 6) is 3.95. The molecule has 0 atom stereocenters. The largest absolute Gasteiger partial charge is 0.738 e. The van der Waals surface area contributed by atoms with E-state index in [-0.39, 0.29) is 0 Å². The zero-order chi connectivity index (χ0) is 34.3. The van der Waals surface area contributed by atoms with Crippen molar-refractivity contribution in [3.8, 4) is 12.3 Å². The Morgan fingerprint density at radius 2 is 1.12 bits per heavy atom. The molecule has 5 nitrogen and oxygen atoms in total. The minimum Gasteiger partial charge on any atom is -0.456 e. The highest BCUT2D eigenvalue weighted by Gasteiger charge is 2.53. The lowest BCUT2D eigenvalue weighted by Crippen LogP contribution is -2.56. The summed E-state index contributed by atoms with van der Waals surface area (Å²) in [6, 6.07) is 42.5. The summed E-state index contributed by atoms with van der Waals surface area (Å²) in [5.41, 5.74) is 6.48. The molecule has 3 aliphatic heterocycles. The molecule has 0 amide bonds. The molecule has 0 saturated carbocycles. The maximum atomic E-state index is 17.5. The summed E-state index contributed by atoms with van der Waals surface area (Å²) in [6.45, 7) is -4.38. The predicted molar refractivity (Wildman–Crippen MR) is 195 cm³/mol. The van der Waals surface area contributed by atoms with Crippen molar-refractivity contribution in [3.05, 3.63) is 211 Å². The smallest absolute Gasteiger partial charge is 0.456 e. The number of nitrogens with one attached hydrogen (secondary N) is 2. The number of allylic oxidation sites excluding steroid dienone is 1. The molecule has 7 heterocycles. The summed E-state index contributed by atoms with van der Waals surface area (Å²) in [5, 5.41) is 3.40. The third-order valence-electron chi connectivity index (χ3n) is 10.00. The van der Waals surface area contributed by atoms with Crippen molar-refractivity contribution in [1.29, 1.82) is 0 Å². The number of nitrogens with zero attached hydrogens (tertiary/aromatic N) is 2. The second-order valence-corrected chi connectivity index (χ2v) is 12.8. The lowest BCUT2D eigenvalue weighted by atomic mass is 9.88. The molecule has 3 aromatic carbocycles. The number of rotatable bonds is 3. The molecule has 51 heavy (non-hydrogen) atoms. The molecular formula is C43H27BF2N4O. The second-order valence-electron chi connectivity index (χ2n) is 12.8. The van der Waals surface area contributed by atoms with Gasteiger partial charge in [-0.3, -0.25) is 0 Å². The van der Waals surface area contributed by atoms with Gasteiger partial charge in [-0.05, 0) is 77.4 Å². The van der Waals surface area contributed by atoms with E-state index in [2.05, 4.69) is 15.9 Å². The molecule has 0 saturated heterocycles. The molecule has 0 spiro atoms. The molecule has 0 radical (unpaired) electrons. The quantitative estimate of drug-likeness (QED) is 0.201. The van der Waals surface area contributed by atoms with E-state index in [1.807, 2.05) is 121 Å². The van der Waals surface area contributed by atoms with Crippen LogP contribution in [0, 0.1) is 23.0 Å². The van der Waals surface area contributed by atoms with Crippen molar-refractivity contribution < 1.29 is 17.5 Å². The van der Waals surface area contributed by atoms with E-state index in [9.17, 15) is 0 Å². The van der Waals surface area contributed by atoms with Gasteiger partial charge in [-0.25, -0.2) is 0 Å². The number of hydrogen-bond donors (Lipinski definition) is 2. The highest BCUT2D eigenvalue weighted by Crippen LogP contribution is 2.31. The number of furan rings is 1. The second kappa shape index (κ2) is 10.8. The van der Waals surface area contributed by atoms with Crippen LogP contribution in [0.5, 0.6) is 0 Å². The van der Waals surface area contributed by atoms with E-state index >= 15 is 8.63 Å². The van der Waals surface area contributed by atoms with Crippen molar-refractivity contribution in [2.75, 3.05) is 0 Å². The molecule has 8 bridgehead atoms. The van der Waals surface area contributed by atoms with E-state index < -0.39 is 6.97 Å². The Morgan fingerprint density at radius 1 is 0.569 bits per heavy atom. The third kappa shape index (κ3) is 4.31. The molecular weight excluding hydrogens is 637 g/mol. The van der Waals surface area contributed by atoms with Crippen LogP contribution in [0.3, 0.4) is 0 Å². The Hall–Kier alpha value is -6.85. The van der Waals surface area contributed by atoms with Crippen LogP contribution in [0.15, 0.2) is 150 Å². The number of benzene rings is 3. The van der Waals surface area contributed by atoms with Crippen molar-refractivity contribution in [3.63, 3.8) is 0 Å². The molecule has 4 aromatic heterocycles. The molecule has 242 valence electrons. The Kier molecular flexibility index (Phi) is 6.18. The third-order valence-corrected chi connectivity index (χ3v) is 10.00. The fraction of sp³-hybridized carbons (Fsp3) is 0. The molecule has 2 N–H and O–H groups in total. The van der Waals surface area contributed by atoms with Crippen molar-refractivity contribution in [2.45, 2.75) is 0 Å². The van der Waals surface area contributed by atoms with E-state index in [1.165, 1.54) is 8.96 Å². The summed E-state index contributed by atoms with van der Waals surface area (Å²) >= 11 is 0. The monoisotopic (exact) mass is 664 g/mol. The van der Waals surface area contributed by atoms with E-state index in [4.69, 9.17) is 10.8 Å². The molecule has 8 heteroatoms. The minimum atomic E-state index is -4.38. The van der Waals surface area contributed by atoms with Gasteiger partial charge in [-0.2, -0.15) is 0 Å². The SMILES string of the molecule is C#Cc1ccc(C2=c3ccc4n3[B-](F)(F)[N+]3=C2C=CC3=c2ccc([nH]2)=C(c2ccccc2)c2ccc(o2)C(c2ccccc2)=c2ccc=4[nH]2)cc1. The number of terminal acetylenes is 1. The zero-order valence-corrected chi connectivity index (χ0v) is 27.1. The fourth-order valence-electron chi connectivity index (χ4n) is 7.75. The highest BCUT2D eigenvalue weighted by molar-refractivity contribution is 6.59. The summed E-state index contributed by atoms with van der Waals surface area (Å²) < 4.78 is 44.1. The molecule has 0 unspecified atom stereocenters. The summed E-state index contributed by atoms with van der Waals surface area (Å²) in [4.78, 5) is 7.01. The van der Waals surface area contributed by atoms with Gasteiger partial charge in [-0.15, -0.1) is 6.42 Å². The van der Waals surface area contributed by atoms with Crippen LogP contribution in [-0.2, 0) is 0 Å². The molecule has 10 rings (SSSR count). The molecule has 0 aliphatic carbocycles. The number of aromatic nitrogens is 3. The van der Waals surface area contributed by atoms with Crippen LogP contribution in [0.4, 0.5) is 8.63 Å². The van der Waals surface area contributed by atoms with Gasteiger partial charge in [0, 0.05) is 39.6 Å². The first-order valence-electron chi connectivity index (χ1n) is 16.7. The van der Waals surface area contributed by atoms with Crippen LogP contribution in [-0.4, -0.2) is 31.6 Å². The van der Waals surface area contributed by atoms with Crippen molar-refractivity contribution >= 4 is 35.1 Å². The van der Waals surface area contributed by atoms with Gasteiger partial charge in [-0.1, -0.05) is 78.7 Å². The average molecular weight is 665 g/mol. The summed E-state index contributed by atoms with van der Waals surface area (Å²) in [6.07, 6.45) is 9.23. The first-order chi connectivity index (χ1) is 25.0. The number of halogens is 2. The lowest BCUT2D eigenvalue weighted by molar-refractivity contribution is -0.318. The van der Waals surface area contributed by atoms with Crippen LogP contribution >= 0.6 is 0 Å². The molecule has 0 fully saturated rings. The zero-order valence-electron chi connectivity index (χ0n) is 27.1. The Bertz CT molecular complexity index is 3040. The van der Waals surface area contributed by atoms with Gasteiger partial charge >= 0.3 is 6.97 Å². The number of H-pyrrole nitrogens is 2. The van der Waals surface area contributed by atoms with Gasteiger partial charge in [0.1, 0.15) is 16.9 Å². The Balaban J connectivity index is 1.41. The fourth-order valence-corrected chi connectivity index (χ4v) is 7.75. The average Bonchev–Trinajstić information content (AvgIpc) is 4.00. The van der Waals surface area contributed by atoms with Gasteiger partial charge < -0.3 is 32.0 Å². The maximum Gasteiger partial charge on any atom is 0.738 e. The van der Waals surface area contributed by atoms with Gasteiger partial charge in [0.05, 0.1) is 21.6 Å². The predicted octanol–water partition coefficient (Wildman–Crippen LogP) is 5.08. The van der Waals surface area contributed by atoms with Crippen molar-refractivity contribution in [1.82, 2.24) is 14.4 Å². The van der Waals surface area contributed by atoms with Gasteiger partial charge in [0.2, 0.25) is 0 Å². The van der Waals surface area contributed by atoms with Crippen molar-refractivity contribution in [2.24, 2.45) is 0 Å². The van der Waals surface area contributed by atoms with Crippen LogP contribution in [0.25, 0.3) is 22.4 Å². The minimum absolute atomic E-state index is 0.371. The lowest BCUT2D eigenvalue weighted by Gasteiger charge is -2.29. The van der Waals surface area contributed by atoms with Crippen LogP contribution in [0.2, 0.25) is 0 Å².